The fourth-order valence-corrected chi connectivity index (χ4v) is 2.01. The van der Waals surface area contributed by atoms with E-state index in [1.54, 1.807) is 7.11 Å². The van der Waals surface area contributed by atoms with Gasteiger partial charge in [-0.3, -0.25) is 0 Å². The average Bonchev–Trinajstić information content (AvgIpc) is 2.55. The Kier molecular flexibility index (Phi) is 6.00. The third kappa shape index (κ3) is 5.06. The molecular weight excluding hydrogens is 262 g/mol. The number of aliphatic hydroxyl groups excluding tert-OH is 1. The minimum absolute atomic E-state index is 0.513. The Morgan fingerprint density at radius 2 is 1.81 bits per heavy atom. The molecule has 2 aromatic carbocycles. The van der Waals surface area contributed by atoms with E-state index in [0.29, 0.717) is 6.54 Å². The summed E-state index contributed by atoms with van der Waals surface area (Å²) in [5, 5.41) is 13.3. The molecule has 0 amide bonds. The van der Waals surface area contributed by atoms with E-state index in [0.717, 1.165) is 17.9 Å². The van der Waals surface area contributed by atoms with Crippen LogP contribution in [-0.2, 0) is 0 Å². The smallest absolute Gasteiger partial charge is 0.118 e. The van der Waals surface area contributed by atoms with Crippen molar-refractivity contribution in [1.29, 1.82) is 0 Å². The Hall–Kier alpha value is -2.10. The summed E-state index contributed by atoms with van der Waals surface area (Å²) in [6.45, 7) is 1.24. The third-order valence-corrected chi connectivity index (χ3v) is 3.21. The van der Waals surface area contributed by atoms with Crippen LogP contribution in [0.5, 0.6) is 5.75 Å². The van der Waals surface area contributed by atoms with Gasteiger partial charge in [0.05, 0.1) is 13.2 Å². The van der Waals surface area contributed by atoms with Gasteiger partial charge in [-0.1, -0.05) is 54.6 Å². The first-order chi connectivity index (χ1) is 10.3. The molecule has 0 aliphatic rings. The maximum absolute atomic E-state index is 10.1. The first kappa shape index (κ1) is 15.3. The molecule has 21 heavy (non-hydrogen) atoms. The zero-order chi connectivity index (χ0) is 14.9. The number of aliphatic hydroxyl groups is 1. The van der Waals surface area contributed by atoms with Gasteiger partial charge in [0.15, 0.2) is 0 Å². The van der Waals surface area contributed by atoms with E-state index in [2.05, 4.69) is 29.6 Å². The van der Waals surface area contributed by atoms with Crippen LogP contribution in [0.4, 0.5) is 0 Å². The molecule has 2 aromatic rings. The largest absolute Gasteiger partial charge is 0.497 e. The number of hydrogen-bond acceptors (Lipinski definition) is 3. The van der Waals surface area contributed by atoms with E-state index in [1.807, 2.05) is 42.5 Å². The number of nitrogens with one attached hydrogen (secondary N) is 1. The predicted octanol–water partition coefficient (Wildman–Crippen LogP) is 3.03. The molecule has 0 saturated carbocycles. The first-order valence-electron chi connectivity index (χ1n) is 7.04. The molecule has 0 heterocycles. The normalized spacial score (nSPS) is 12.5. The summed E-state index contributed by atoms with van der Waals surface area (Å²) >= 11 is 0. The molecule has 0 saturated heterocycles. The van der Waals surface area contributed by atoms with E-state index < -0.39 is 6.10 Å². The van der Waals surface area contributed by atoms with Crippen LogP contribution in [0.1, 0.15) is 17.2 Å². The monoisotopic (exact) mass is 283 g/mol. The van der Waals surface area contributed by atoms with Crippen molar-refractivity contribution in [3.05, 3.63) is 71.8 Å². The summed E-state index contributed by atoms with van der Waals surface area (Å²) in [5.41, 5.74) is 2.06. The number of methoxy groups -OCH3 is 1. The highest BCUT2D eigenvalue weighted by molar-refractivity contribution is 5.48. The molecule has 0 radical (unpaired) electrons. The van der Waals surface area contributed by atoms with Crippen LogP contribution in [0.2, 0.25) is 0 Å². The van der Waals surface area contributed by atoms with E-state index >= 15 is 0 Å². The summed E-state index contributed by atoms with van der Waals surface area (Å²) < 4.78 is 5.10. The zero-order valence-electron chi connectivity index (χ0n) is 12.2. The van der Waals surface area contributed by atoms with Gasteiger partial charge in [0, 0.05) is 13.1 Å². The van der Waals surface area contributed by atoms with Crippen molar-refractivity contribution in [2.45, 2.75) is 6.10 Å². The van der Waals surface area contributed by atoms with Gasteiger partial charge in [0.2, 0.25) is 0 Å². The lowest BCUT2D eigenvalue weighted by Crippen LogP contribution is -2.21. The van der Waals surface area contributed by atoms with Crippen molar-refractivity contribution in [2.24, 2.45) is 0 Å². The minimum Gasteiger partial charge on any atom is -0.497 e. The Labute approximate surface area is 125 Å². The molecule has 0 bridgehead atoms. The number of rotatable bonds is 7. The van der Waals surface area contributed by atoms with Crippen LogP contribution in [0.15, 0.2) is 60.7 Å². The molecule has 0 aliphatic carbocycles. The number of ether oxygens (including phenoxy) is 1. The molecular formula is C18H21NO2. The first-order valence-corrected chi connectivity index (χ1v) is 7.04. The van der Waals surface area contributed by atoms with Crippen molar-refractivity contribution in [2.75, 3.05) is 20.2 Å². The van der Waals surface area contributed by atoms with Crippen LogP contribution in [0.3, 0.4) is 0 Å². The molecule has 3 heteroatoms. The third-order valence-electron chi connectivity index (χ3n) is 3.21. The van der Waals surface area contributed by atoms with E-state index in [9.17, 15) is 5.11 Å². The molecule has 2 rings (SSSR count). The van der Waals surface area contributed by atoms with Gasteiger partial charge in [-0.25, -0.2) is 0 Å². The molecule has 110 valence electrons. The SMILES string of the molecule is COc1ccc(C(O)CNC/C=C/c2ccccc2)cc1. The van der Waals surface area contributed by atoms with Gasteiger partial charge in [-0.2, -0.15) is 0 Å². The van der Waals surface area contributed by atoms with E-state index in [-0.39, 0.29) is 0 Å². The van der Waals surface area contributed by atoms with Crippen LogP contribution >= 0.6 is 0 Å². The van der Waals surface area contributed by atoms with Crippen molar-refractivity contribution < 1.29 is 9.84 Å². The lowest BCUT2D eigenvalue weighted by Gasteiger charge is -2.11. The lowest BCUT2D eigenvalue weighted by atomic mass is 10.1. The zero-order valence-corrected chi connectivity index (χ0v) is 12.2. The second-order valence-corrected chi connectivity index (χ2v) is 4.76. The lowest BCUT2D eigenvalue weighted by molar-refractivity contribution is 0.176. The Bertz CT molecular complexity index is 549. The molecule has 3 nitrogen and oxygen atoms in total. The van der Waals surface area contributed by atoms with Crippen molar-refractivity contribution in [3.63, 3.8) is 0 Å². The maximum Gasteiger partial charge on any atom is 0.118 e. The van der Waals surface area contributed by atoms with Gasteiger partial charge >= 0.3 is 0 Å². The standard InChI is InChI=1S/C18H21NO2/c1-21-17-11-9-16(10-12-17)18(20)14-19-13-5-8-15-6-3-2-4-7-15/h2-12,18-20H,13-14H2,1H3/b8-5+. The molecule has 0 fully saturated rings. The highest BCUT2D eigenvalue weighted by Crippen LogP contribution is 2.16. The summed E-state index contributed by atoms with van der Waals surface area (Å²) in [7, 11) is 1.63. The fraction of sp³-hybridized carbons (Fsp3) is 0.222. The molecule has 0 aromatic heterocycles. The Morgan fingerprint density at radius 1 is 1.10 bits per heavy atom. The fourth-order valence-electron chi connectivity index (χ4n) is 2.01. The van der Waals surface area contributed by atoms with Gasteiger partial charge in [-0.05, 0) is 23.3 Å². The molecule has 0 aliphatic heterocycles. The van der Waals surface area contributed by atoms with Gasteiger partial charge in [0.25, 0.3) is 0 Å². The number of hydrogen-bond donors (Lipinski definition) is 2. The van der Waals surface area contributed by atoms with Gasteiger partial charge in [0.1, 0.15) is 5.75 Å². The average molecular weight is 283 g/mol. The van der Waals surface area contributed by atoms with Crippen LogP contribution in [0.25, 0.3) is 6.08 Å². The minimum atomic E-state index is -0.513. The molecule has 2 N–H and O–H groups in total. The maximum atomic E-state index is 10.1. The quantitative estimate of drug-likeness (QED) is 0.767. The molecule has 0 spiro atoms. The highest BCUT2D eigenvalue weighted by Gasteiger charge is 2.06. The van der Waals surface area contributed by atoms with E-state index in [1.165, 1.54) is 5.56 Å². The van der Waals surface area contributed by atoms with Gasteiger partial charge < -0.3 is 15.2 Å². The summed E-state index contributed by atoms with van der Waals surface area (Å²) in [6, 6.07) is 17.6. The highest BCUT2D eigenvalue weighted by atomic mass is 16.5. The van der Waals surface area contributed by atoms with Crippen molar-refractivity contribution >= 4 is 6.08 Å². The Balaban J connectivity index is 1.73. The van der Waals surface area contributed by atoms with Crippen molar-refractivity contribution in [3.8, 4) is 5.75 Å². The second kappa shape index (κ2) is 8.25. The van der Waals surface area contributed by atoms with E-state index in [4.69, 9.17) is 4.74 Å². The second-order valence-electron chi connectivity index (χ2n) is 4.76. The van der Waals surface area contributed by atoms with Crippen LogP contribution < -0.4 is 10.1 Å². The summed E-state index contributed by atoms with van der Waals surface area (Å²) in [5.74, 6) is 0.796. The topological polar surface area (TPSA) is 41.5 Å². The number of benzene rings is 2. The molecule has 1 unspecified atom stereocenters. The Morgan fingerprint density at radius 3 is 2.48 bits per heavy atom. The van der Waals surface area contributed by atoms with Crippen molar-refractivity contribution in [1.82, 2.24) is 5.32 Å². The van der Waals surface area contributed by atoms with Crippen LogP contribution in [0, 0.1) is 0 Å². The summed E-state index contributed by atoms with van der Waals surface area (Å²) in [6.07, 6.45) is 3.60. The summed E-state index contributed by atoms with van der Waals surface area (Å²) in [4.78, 5) is 0. The predicted molar refractivity (Wildman–Crippen MR) is 86.3 cm³/mol. The molecule has 1 atom stereocenters. The van der Waals surface area contributed by atoms with Gasteiger partial charge in [-0.15, -0.1) is 0 Å². The van der Waals surface area contributed by atoms with Crippen LogP contribution in [-0.4, -0.2) is 25.3 Å².